The highest BCUT2D eigenvalue weighted by Gasteiger charge is 2.24. The Bertz CT molecular complexity index is 1170. The number of nitrogens with zero attached hydrogens (tertiary/aromatic N) is 3. The minimum absolute atomic E-state index is 0.120. The molecule has 0 spiro atoms. The number of pyridine rings is 2. The van der Waals surface area contributed by atoms with Gasteiger partial charge in [0, 0.05) is 31.3 Å². The normalized spacial score (nSPS) is 11.3. The third-order valence-electron chi connectivity index (χ3n) is 4.80. The summed E-state index contributed by atoms with van der Waals surface area (Å²) in [7, 11) is 0. The summed E-state index contributed by atoms with van der Waals surface area (Å²) in [5, 5.41) is 3.06. The van der Waals surface area contributed by atoms with E-state index in [9.17, 15) is 9.59 Å². The zero-order valence-electron chi connectivity index (χ0n) is 17.6. The number of carbonyl (C=O) groups is 1. The summed E-state index contributed by atoms with van der Waals surface area (Å²) in [6, 6.07) is 5.22. The lowest BCUT2D eigenvalue weighted by atomic mass is 10.1. The van der Waals surface area contributed by atoms with Gasteiger partial charge in [-0.3, -0.25) is 14.0 Å². The Balaban J connectivity index is 2.21. The Kier molecular flexibility index (Phi) is 6.47. The van der Waals surface area contributed by atoms with Crippen molar-refractivity contribution in [3.8, 4) is 0 Å². The Morgan fingerprint density at radius 1 is 1.47 bits per heavy atom. The maximum atomic E-state index is 13.2. The van der Waals surface area contributed by atoms with E-state index in [-0.39, 0.29) is 29.0 Å². The molecule has 3 aromatic heterocycles. The first kappa shape index (κ1) is 21.4. The number of carbonyl (C=O) groups excluding carboxylic acids is 1. The molecule has 0 aliphatic heterocycles. The molecule has 8 heteroatoms. The summed E-state index contributed by atoms with van der Waals surface area (Å²) in [5.41, 5.74) is 8.26. The Morgan fingerprint density at radius 3 is 2.93 bits per heavy atom. The molecule has 0 saturated carbocycles. The smallest absolute Gasteiger partial charge is 0.278 e. The molecule has 0 aromatic carbocycles. The second-order valence-corrected chi connectivity index (χ2v) is 7.41. The van der Waals surface area contributed by atoms with E-state index in [2.05, 4.69) is 11.9 Å². The van der Waals surface area contributed by atoms with Crippen molar-refractivity contribution in [1.82, 2.24) is 14.7 Å². The standard InChI is InChI=1S/C22H27N5O3/c1-5-9-24-21(28)16-13-17-20(26(18(16)23)11-7-12-30-14(2)3)25-19-15(4)8-6-10-27(19)22(17)29/h5-6,8,10,13-14,23H,1,7,9,11-12H2,2-4H3,(H,24,28)/p+1. The van der Waals surface area contributed by atoms with Gasteiger partial charge in [-0.1, -0.05) is 17.1 Å². The van der Waals surface area contributed by atoms with Gasteiger partial charge in [0.15, 0.2) is 0 Å². The maximum absolute atomic E-state index is 13.2. The van der Waals surface area contributed by atoms with E-state index in [1.165, 1.54) is 10.5 Å². The number of hydrogen-bond acceptors (Lipinski definition) is 5. The fraction of sp³-hybridized carbons (Fsp3) is 0.364. The number of fused-ring (bicyclic) bond motifs is 2. The topological polar surface area (TPSA) is 103 Å². The molecule has 3 heterocycles. The minimum atomic E-state index is -0.366. The van der Waals surface area contributed by atoms with Gasteiger partial charge in [0.1, 0.15) is 10.9 Å². The summed E-state index contributed by atoms with van der Waals surface area (Å²) in [6.45, 7) is 10.7. The van der Waals surface area contributed by atoms with E-state index >= 15 is 0 Å². The van der Waals surface area contributed by atoms with E-state index in [1.807, 2.05) is 26.8 Å². The van der Waals surface area contributed by atoms with Crippen LogP contribution in [0.25, 0.3) is 16.7 Å². The molecule has 158 valence electrons. The van der Waals surface area contributed by atoms with Crippen molar-refractivity contribution in [1.29, 1.82) is 0 Å². The molecule has 0 aliphatic rings. The van der Waals surface area contributed by atoms with Crippen LogP contribution in [0.1, 0.15) is 36.2 Å². The van der Waals surface area contributed by atoms with Gasteiger partial charge in [-0.05, 0) is 32.9 Å². The number of ether oxygens (including phenoxy) is 1. The zero-order valence-corrected chi connectivity index (χ0v) is 17.6. The van der Waals surface area contributed by atoms with Gasteiger partial charge in [-0.15, -0.1) is 6.58 Å². The summed E-state index contributed by atoms with van der Waals surface area (Å²) >= 11 is 0. The molecule has 0 aliphatic carbocycles. The minimum Gasteiger partial charge on any atom is -0.379 e. The van der Waals surface area contributed by atoms with Gasteiger partial charge in [0.05, 0.1) is 12.6 Å². The van der Waals surface area contributed by atoms with Gasteiger partial charge in [-0.2, -0.15) is 0 Å². The van der Waals surface area contributed by atoms with Gasteiger partial charge >= 0.3 is 0 Å². The number of nitrogens with one attached hydrogen (secondary N) is 1. The average molecular weight is 410 g/mol. The molecule has 8 nitrogen and oxygen atoms in total. The first-order chi connectivity index (χ1) is 14.3. The molecule has 3 aromatic rings. The highest BCUT2D eigenvalue weighted by atomic mass is 16.5. The Morgan fingerprint density at radius 2 is 2.23 bits per heavy atom. The summed E-state index contributed by atoms with van der Waals surface area (Å²) in [4.78, 5) is 30.6. The van der Waals surface area contributed by atoms with Crippen LogP contribution in [0.5, 0.6) is 0 Å². The first-order valence-electron chi connectivity index (χ1n) is 9.99. The number of amides is 1. The molecule has 3 rings (SSSR count). The van der Waals surface area contributed by atoms with Gasteiger partial charge in [0.25, 0.3) is 17.1 Å². The van der Waals surface area contributed by atoms with E-state index in [1.54, 1.807) is 22.9 Å². The van der Waals surface area contributed by atoms with Crippen LogP contribution in [0.3, 0.4) is 0 Å². The van der Waals surface area contributed by atoms with Crippen LogP contribution in [-0.2, 0) is 11.3 Å². The molecule has 0 fully saturated rings. The Labute approximate surface area is 175 Å². The molecule has 1 amide bonds. The number of nitrogen functional groups attached to an aromatic ring is 1. The fourth-order valence-corrected chi connectivity index (χ4v) is 3.32. The molecule has 0 saturated heterocycles. The number of aromatic nitrogens is 3. The average Bonchev–Trinajstić information content (AvgIpc) is 2.71. The van der Waals surface area contributed by atoms with Crippen LogP contribution in [0.2, 0.25) is 0 Å². The van der Waals surface area contributed by atoms with Crippen molar-refractivity contribution < 1.29 is 14.1 Å². The van der Waals surface area contributed by atoms with Crippen LogP contribution in [0.15, 0.2) is 41.8 Å². The van der Waals surface area contributed by atoms with Crippen LogP contribution < -0.4 is 21.2 Å². The Hall–Kier alpha value is -3.26. The van der Waals surface area contributed by atoms with Gasteiger partial charge in [-0.25, -0.2) is 4.57 Å². The molecule has 0 unspecified atom stereocenters. The third-order valence-corrected chi connectivity index (χ3v) is 4.80. The monoisotopic (exact) mass is 410 g/mol. The maximum Gasteiger partial charge on any atom is 0.278 e. The fourth-order valence-electron chi connectivity index (χ4n) is 3.32. The van der Waals surface area contributed by atoms with E-state index < -0.39 is 0 Å². The largest absolute Gasteiger partial charge is 0.379 e. The molecular weight excluding hydrogens is 382 g/mol. The van der Waals surface area contributed by atoms with Gasteiger partial charge in [0.2, 0.25) is 11.5 Å². The van der Waals surface area contributed by atoms with Crippen molar-refractivity contribution in [2.45, 2.75) is 39.8 Å². The van der Waals surface area contributed by atoms with E-state index in [4.69, 9.17) is 15.5 Å². The highest BCUT2D eigenvalue weighted by molar-refractivity contribution is 6.00. The highest BCUT2D eigenvalue weighted by Crippen LogP contribution is 2.16. The van der Waals surface area contributed by atoms with Crippen LogP contribution in [0.4, 0.5) is 5.82 Å². The van der Waals surface area contributed by atoms with Crippen LogP contribution in [0, 0.1) is 6.92 Å². The third kappa shape index (κ3) is 4.18. The number of nitrogens with two attached hydrogens (primary N) is 1. The molecular formula is C22H28N5O3+. The second kappa shape index (κ2) is 9.04. The molecule has 0 bridgehead atoms. The number of anilines is 1. The first-order valence-corrected chi connectivity index (χ1v) is 9.99. The molecule has 0 radical (unpaired) electrons. The van der Waals surface area contributed by atoms with Crippen LogP contribution in [-0.4, -0.2) is 34.5 Å². The van der Waals surface area contributed by atoms with E-state index in [0.717, 1.165) is 5.56 Å². The van der Waals surface area contributed by atoms with Crippen molar-refractivity contribution >= 4 is 28.4 Å². The van der Waals surface area contributed by atoms with Crippen molar-refractivity contribution in [2.24, 2.45) is 0 Å². The number of rotatable bonds is 8. The van der Waals surface area contributed by atoms with Crippen LogP contribution >= 0.6 is 0 Å². The van der Waals surface area contributed by atoms with Gasteiger partial charge < -0.3 is 15.8 Å². The SMILES string of the molecule is C=CCNC(=O)c1cc2c(=O)n3cccc(C)c3nc2[n+](CCCOC(C)C)c1N. The second-order valence-electron chi connectivity index (χ2n) is 7.41. The predicted molar refractivity (Wildman–Crippen MR) is 117 cm³/mol. The summed E-state index contributed by atoms with van der Waals surface area (Å²) in [6.07, 6.45) is 4.04. The van der Waals surface area contributed by atoms with Crippen molar-refractivity contribution in [3.05, 3.63) is 58.5 Å². The predicted octanol–water partition coefficient (Wildman–Crippen LogP) is 1.76. The number of hydrogen-bond donors (Lipinski definition) is 2. The van der Waals surface area contributed by atoms with Crippen molar-refractivity contribution in [2.75, 3.05) is 18.9 Å². The lowest BCUT2D eigenvalue weighted by Crippen LogP contribution is -2.43. The lowest BCUT2D eigenvalue weighted by molar-refractivity contribution is -0.659. The number of aryl methyl sites for hydroxylation is 2. The quantitative estimate of drug-likeness (QED) is 0.255. The van der Waals surface area contributed by atoms with Crippen molar-refractivity contribution in [3.63, 3.8) is 0 Å². The summed E-state index contributed by atoms with van der Waals surface area (Å²) in [5.74, 6) is -0.103. The molecule has 0 atom stereocenters. The molecule has 3 N–H and O–H groups in total. The molecule has 30 heavy (non-hydrogen) atoms. The summed E-state index contributed by atoms with van der Waals surface area (Å²) < 4.78 is 8.85. The lowest BCUT2D eigenvalue weighted by Gasteiger charge is -2.13. The zero-order chi connectivity index (χ0) is 21.8. The van der Waals surface area contributed by atoms with E-state index in [0.29, 0.717) is 42.8 Å².